The Hall–Kier alpha value is -0.800. The molecule has 18 heavy (non-hydrogen) atoms. The van der Waals surface area contributed by atoms with Crippen LogP contribution in [0.25, 0.3) is 0 Å². The Labute approximate surface area is 114 Å². The van der Waals surface area contributed by atoms with Gasteiger partial charge in [-0.25, -0.2) is 0 Å². The van der Waals surface area contributed by atoms with Crippen molar-refractivity contribution >= 4 is 17.5 Å². The Morgan fingerprint density at radius 3 is 2.67 bits per heavy atom. The Bertz CT molecular complexity index is 415. The summed E-state index contributed by atoms with van der Waals surface area (Å²) < 4.78 is 0. The van der Waals surface area contributed by atoms with E-state index in [1.54, 1.807) is 0 Å². The van der Waals surface area contributed by atoms with Crippen LogP contribution in [0.15, 0.2) is 24.3 Å². The van der Waals surface area contributed by atoms with E-state index >= 15 is 0 Å². The van der Waals surface area contributed by atoms with Gasteiger partial charge in [0.2, 0.25) is 0 Å². The highest BCUT2D eigenvalue weighted by Gasteiger charge is 2.28. The second-order valence-electron chi connectivity index (χ2n) is 5.07. The van der Waals surface area contributed by atoms with Crippen molar-refractivity contribution in [3.63, 3.8) is 0 Å². The molecule has 2 rings (SSSR count). The average Bonchev–Trinajstić information content (AvgIpc) is 2.38. The van der Waals surface area contributed by atoms with E-state index in [0.717, 1.165) is 23.6 Å². The van der Waals surface area contributed by atoms with Gasteiger partial charge in [0.05, 0.1) is 6.04 Å². The molecule has 1 heterocycles. The first-order chi connectivity index (χ1) is 8.59. The summed E-state index contributed by atoms with van der Waals surface area (Å²) in [5.74, 6) is 2.51. The van der Waals surface area contributed by atoms with Crippen LogP contribution in [-0.4, -0.2) is 40.8 Å². The summed E-state index contributed by atoms with van der Waals surface area (Å²) >= 11 is 1.98. The zero-order valence-corrected chi connectivity index (χ0v) is 12.2. The minimum atomic E-state index is -0.0105. The summed E-state index contributed by atoms with van der Waals surface area (Å²) in [6, 6.07) is 8.39. The van der Waals surface area contributed by atoms with Crippen LogP contribution in [0.1, 0.15) is 29.8 Å². The van der Waals surface area contributed by atoms with Crippen molar-refractivity contribution in [3.8, 4) is 0 Å². The van der Waals surface area contributed by atoms with Gasteiger partial charge in [-0.05, 0) is 20.8 Å². The number of hydrogen-bond acceptors (Lipinski definition) is 3. The molecule has 0 N–H and O–H groups in total. The normalized spacial score (nSPS) is 22.7. The summed E-state index contributed by atoms with van der Waals surface area (Å²) in [7, 11) is 0. The van der Waals surface area contributed by atoms with E-state index in [0.29, 0.717) is 6.04 Å². The maximum atomic E-state index is 12.5. The third kappa shape index (κ3) is 2.96. The zero-order valence-electron chi connectivity index (χ0n) is 11.3. The van der Waals surface area contributed by atoms with E-state index in [1.807, 2.05) is 49.9 Å². The molecule has 0 aliphatic carbocycles. The van der Waals surface area contributed by atoms with E-state index in [4.69, 9.17) is 0 Å². The summed E-state index contributed by atoms with van der Waals surface area (Å²) in [5.41, 5.74) is 2.03. The number of benzene rings is 1. The zero-order chi connectivity index (χ0) is 13.1. The van der Waals surface area contributed by atoms with Crippen molar-refractivity contribution in [1.29, 1.82) is 0 Å². The number of Topliss-reactive ketones (excluding diaryl/α,β-unsaturated/α-hetero) is 1. The number of carbonyl (C=O) groups is 1. The third-order valence-corrected chi connectivity index (χ3v) is 4.82. The van der Waals surface area contributed by atoms with Crippen LogP contribution < -0.4 is 0 Å². The first kappa shape index (κ1) is 13.6. The molecule has 0 radical (unpaired) electrons. The Morgan fingerprint density at radius 1 is 1.39 bits per heavy atom. The number of aryl methyl sites for hydroxylation is 1. The molecule has 2 atom stereocenters. The predicted octanol–water partition coefficient (Wildman–Crippen LogP) is 3.00. The molecule has 98 valence electrons. The van der Waals surface area contributed by atoms with Crippen LogP contribution in [-0.2, 0) is 0 Å². The maximum Gasteiger partial charge on any atom is 0.179 e. The van der Waals surface area contributed by atoms with Crippen LogP contribution in [0.3, 0.4) is 0 Å². The van der Waals surface area contributed by atoms with Crippen molar-refractivity contribution in [2.75, 3.05) is 18.1 Å². The molecular weight excluding hydrogens is 242 g/mol. The molecule has 1 aromatic carbocycles. The fraction of sp³-hybridized carbons (Fsp3) is 0.533. The fourth-order valence-electron chi connectivity index (χ4n) is 2.42. The highest BCUT2D eigenvalue weighted by molar-refractivity contribution is 7.99. The molecule has 1 aliphatic heterocycles. The Kier molecular flexibility index (Phi) is 4.46. The summed E-state index contributed by atoms with van der Waals surface area (Å²) in [4.78, 5) is 14.8. The number of carbonyl (C=O) groups excluding carboxylic acids is 1. The number of ketones is 1. The lowest BCUT2D eigenvalue weighted by molar-refractivity contribution is 0.0799. The lowest BCUT2D eigenvalue weighted by atomic mass is 10.0. The second kappa shape index (κ2) is 5.89. The Balaban J connectivity index is 2.10. The molecule has 0 bridgehead atoms. The number of nitrogens with zero attached hydrogens (tertiary/aromatic N) is 1. The van der Waals surface area contributed by atoms with Crippen LogP contribution in [0, 0.1) is 6.92 Å². The van der Waals surface area contributed by atoms with E-state index in [9.17, 15) is 4.79 Å². The summed E-state index contributed by atoms with van der Waals surface area (Å²) in [6.07, 6.45) is 0. The quantitative estimate of drug-likeness (QED) is 0.782. The van der Waals surface area contributed by atoms with E-state index < -0.39 is 0 Å². The van der Waals surface area contributed by atoms with Gasteiger partial charge >= 0.3 is 0 Å². The molecule has 1 saturated heterocycles. The fourth-order valence-corrected chi connectivity index (χ4v) is 3.46. The van der Waals surface area contributed by atoms with Crippen LogP contribution in [0.4, 0.5) is 0 Å². The van der Waals surface area contributed by atoms with Gasteiger partial charge in [-0.2, -0.15) is 11.8 Å². The van der Waals surface area contributed by atoms with Crippen LogP contribution >= 0.6 is 11.8 Å². The highest BCUT2D eigenvalue weighted by atomic mass is 32.2. The lowest BCUT2D eigenvalue weighted by Gasteiger charge is -2.36. The minimum Gasteiger partial charge on any atom is -0.292 e. The number of rotatable bonds is 3. The van der Waals surface area contributed by atoms with Crippen molar-refractivity contribution < 1.29 is 4.79 Å². The predicted molar refractivity (Wildman–Crippen MR) is 78.5 cm³/mol. The van der Waals surface area contributed by atoms with Gasteiger partial charge in [0.15, 0.2) is 5.78 Å². The van der Waals surface area contributed by atoms with Gasteiger partial charge in [0.25, 0.3) is 0 Å². The van der Waals surface area contributed by atoms with Gasteiger partial charge in [-0.3, -0.25) is 9.69 Å². The molecule has 1 aromatic rings. The molecule has 0 aromatic heterocycles. The lowest BCUT2D eigenvalue weighted by Crippen LogP contribution is -2.49. The minimum absolute atomic E-state index is 0.0105. The largest absolute Gasteiger partial charge is 0.292 e. The third-order valence-electron chi connectivity index (χ3n) is 3.63. The molecule has 0 amide bonds. The molecule has 2 unspecified atom stereocenters. The molecular formula is C15H21NOS. The van der Waals surface area contributed by atoms with Crippen molar-refractivity contribution in [2.24, 2.45) is 0 Å². The van der Waals surface area contributed by atoms with Gasteiger partial charge in [0, 0.05) is 29.7 Å². The average molecular weight is 263 g/mol. The SMILES string of the molecule is Cc1ccc(C(=O)C(C)N2CCSCC2C)cc1. The van der Waals surface area contributed by atoms with Gasteiger partial charge < -0.3 is 0 Å². The summed E-state index contributed by atoms with van der Waals surface area (Å²) in [6.45, 7) is 7.31. The van der Waals surface area contributed by atoms with Crippen LogP contribution in [0.2, 0.25) is 0 Å². The molecule has 3 heteroatoms. The van der Waals surface area contributed by atoms with E-state index in [2.05, 4.69) is 11.8 Å². The van der Waals surface area contributed by atoms with Crippen molar-refractivity contribution in [1.82, 2.24) is 4.90 Å². The van der Waals surface area contributed by atoms with Crippen molar-refractivity contribution in [2.45, 2.75) is 32.9 Å². The van der Waals surface area contributed by atoms with E-state index in [1.165, 1.54) is 5.56 Å². The molecule has 1 aliphatic rings. The molecule has 1 fully saturated rings. The topological polar surface area (TPSA) is 20.3 Å². The second-order valence-corrected chi connectivity index (χ2v) is 6.22. The highest BCUT2D eigenvalue weighted by Crippen LogP contribution is 2.20. The number of hydrogen-bond donors (Lipinski definition) is 0. The standard InChI is InChI=1S/C15H21NOS/c1-11-4-6-14(7-5-11)15(17)13(3)16-8-9-18-10-12(16)2/h4-7,12-13H,8-10H2,1-3H3. The van der Waals surface area contributed by atoms with Gasteiger partial charge in [-0.1, -0.05) is 29.8 Å². The summed E-state index contributed by atoms with van der Waals surface area (Å²) in [5, 5.41) is 0. The van der Waals surface area contributed by atoms with E-state index in [-0.39, 0.29) is 11.8 Å². The number of thioether (sulfide) groups is 1. The molecule has 0 spiro atoms. The van der Waals surface area contributed by atoms with Crippen LogP contribution in [0.5, 0.6) is 0 Å². The van der Waals surface area contributed by atoms with Gasteiger partial charge in [-0.15, -0.1) is 0 Å². The first-order valence-electron chi connectivity index (χ1n) is 6.54. The van der Waals surface area contributed by atoms with Gasteiger partial charge in [0.1, 0.15) is 0 Å². The Morgan fingerprint density at radius 2 is 2.06 bits per heavy atom. The maximum absolute atomic E-state index is 12.5. The van der Waals surface area contributed by atoms with Crippen molar-refractivity contribution in [3.05, 3.63) is 35.4 Å². The smallest absolute Gasteiger partial charge is 0.179 e. The molecule has 0 saturated carbocycles. The monoisotopic (exact) mass is 263 g/mol. The molecule has 2 nitrogen and oxygen atoms in total. The first-order valence-corrected chi connectivity index (χ1v) is 7.69.